The van der Waals surface area contributed by atoms with E-state index in [1.54, 1.807) is 0 Å². The Labute approximate surface area is 186 Å². The summed E-state index contributed by atoms with van der Waals surface area (Å²) in [7, 11) is 0. The Balaban J connectivity index is 0.00000261. The molecule has 1 aliphatic heterocycles. The van der Waals surface area contributed by atoms with Gasteiger partial charge in [-0.2, -0.15) is 0 Å². The van der Waals surface area contributed by atoms with Crippen LogP contribution in [0.15, 0.2) is 29.3 Å². The molecule has 0 aromatic heterocycles. The minimum atomic E-state index is 0. The summed E-state index contributed by atoms with van der Waals surface area (Å²) in [5.74, 6) is 0.962. The van der Waals surface area contributed by atoms with Gasteiger partial charge in [-0.25, -0.2) is 0 Å². The Kier molecular flexibility index (Phi) is 8.69. The van der Waals surface area contributed by atoms with Gasteiger partial charge in [0, 0.05) is 42.2 Å². The molecule has 0 bridgehead atoms. The molecule has 2 fully saturated rings. The molecule has 1 saturated carbocycles. The maximum atomic E-state index is 6.19. The number of nitrogens with one attached hydrogen (secondary N) is 2. The number of likely N-dealkylation sites (tertiary alicyclic amines) is 1. The van der Waals surface area contributed by atoms with Crippen LogP contribution < -0.4 is 10.6 Å². The molecular weight excluding hydrogens is 471 g/mol. The van der Waals surface area contributed by atoms with Gasteiger partial charge < -0.3 is 15.5 Å². The molecule has 3 rings (SSSR count). The molecule has 0 spiro atoms. The Hall–Kier alpha value is -0.530. The summed E-state index contributed by atoms with van der Waals surface area (Å²) >= 11 is 6.19. The molecule has 4 nitrogen and oxygen atoms in total. The lowest BCUT2D eigenvalue weighted by Crippen LogP contribution is -2.50. The summed E-state index contributed by atoms with van der Waals surface area (Å²) in [6.07, 6.45) is 4.76. The molecule has 1 aliphatic carbocycles. The van der Waals surface area contributed by atoms with Gasteiger partial charge in [-0.1, -0.05) is 23.7 Å². The maximum absolute atomic E-state index is 6.19. The van der Waals surface area contributed by atoms with Crippen LogP contribution in [0.5, 0.6) is 0 Å². The first kappa shape index (κ1) is 22.8. The summed E-state index contributed by atoms with van der Waals surface area (Å²) in [6, 6.07) is 9.45. The first-order valence-electron chi connectivity index (χ1n) is 10.1. The Bertz CT molecular complexity index is 622. The summed E-state index contributed by atoms with van der Waals surface area (Å²) in [4.78, 5) is 7.50. The minimum Gasteiger partial charge on any atom is -0.357 e. The summed E-state index contributed by atoms with van der Waals surface area (Å²) in [5.41, 5.74) is 1.52. The molecule has 1 saturated heterocycles. The highest BCUT2D eigenvalue weighted by atomic mass is 127. The second-order valence-corrected chi connectivity index (χ2v) is 8.47. The minimum absolute atomic E-state index is 0. The topological polar surface area (TPSA) is 39.7 Å². The van der Waals surface area contributed by atoms with E-state index in [1.807, 2.05) is 12.1 Å². The summed E-state index contributed by atoms with van der Waals surface area (Å²) in [5, 5.41) is 7.91. The average Bonchev–Trinajstić information content (AvgIpc) is 3.42. The quantitative estimate of drug-likeness (QED) is 0.342. The molecule has 0 amide bonds. The van der Waals surface area contributed by atoms with Crippen molar-refractivity contribution in [3.8, 4) is 0 Å². The highest BCUT2D eigenvalue weighted by molar-refractivity contribution is 14.0. The third kappa shape index (κ3) is 6.23. The van der Waals surface area contributed by atoms with Crippen LogP contribution >= 0.6 is 35.6 Å². The van der Waals surface area contributed by atoms with Gasteiger partial charge in [-0.15, -0.1) is 24.0 Å². The predicted octanol–water partition coefficient (Wildman–Crippen LogP) is 4.42. The number of hydrogen-bond donors (Lipinski definition) is 2. The van der Waals surface area contributed by atoms with E-state index in [0.29, 0.717) is 12.1 Å². The smallest absolute Gasteiger partial charge is 0.191 e. The number of rotatable bonds is 6. The fourth-order valence-corrected chi connectivity index (χ4v) is 4.00. The van der Waals surface area contributed by atoms with Crippen molar-refractivity contribution in [3.63, 3.8) is 0 Å². The molecule has 1 aromatic rings. The first-order valence-corrected chi connectivity index (χ1v) is 10.4. The van der Waals surface area contributed by atoms with E-state index < -0.39 is 0 Å². The highest BCUT2D eigenvalue weighted by Crippen LogP contribution is 2.48. The van der Waals surface area contributed by atoms with Crippen LogP contribution in [-0.2, 0) is 5.41 Å². The lowest BCUT2D eigenvalue weighted by Gasteiger charge is -2.35. The maximum Gasteiger partial charge on any atom is 0.191 e. The molecule has 1 heterocycles. The second-order valence-electron chi connectivity index (χ2n) is 8.03. The van der Waals surface area contributed by atoms with Gasteiger partial charge in [0.05, 0.1) is 6.54 Å². The summed E-state index contributed by atoms with van der Waals surface area (Å²) < 4.78 is 0. The van der Waals surface area contributed by atoms with Gasteiger partial charge in [0.1, 0.15) is 0 Å². The van der Waals surface area contributed by atoms with Crippen LogP contribution in [0.4, 0.5) is 0 Å². The van der Waals surface area contributed by atoms with Crippen molar-refractivity contribution in [3.05, 3.63) is 34.9 Å². The van der Waals surface area contributed by atoms with Crippen molar-refractivity contribution < 1.29 is 0 Å². The van der Waals surface area contributed by atoms with Gasteiger partial charge in [0.2, 0.25) is 0 Å². The second kappa shape index (κ2) is 10.3. The molecule has 152 valence electrons. The lowest BCUT2D eigenvalue weighted by atomic mass is 9.96. The largest absolute Gasteiger partial charge is 0.357 e. The van der Waals surface area contributed by atoms with Crippen LogP contribution in [0.25, 0.3) is 0 Å². The van der Waals surface area contributed by atoms with E-state index in [1.165, 1.54) is 44.3 Å². The van der Waals surface area contributed by atoms with Crippen LogP contribution in [0.2, 0.25) is 5.02 Å². The third-order valence-corrected chi connectivity index (χ3v) is 6.01. The normalized spacial score (nSPS) is 20.3. The number of aliphatic imine (C=N–C) groups is 1. The van der Waals surface area contributed by atoms with Crippen molar-refractivity contribution in [1.29, 1.82) is 0 Å². The monoisotopic (exact) mass is 504 g/mol. The highest BCUT2D eigenvalue weighted by Gasteiger charge is 2.44. The van der Waals surface area contributed by atoms with Crippen molar-refractivity contribution in [2.24, 2.45) is 4.99 Å². The Morgan fingerprint density at radius 2 is 2.00 bits per heavy atom. The number of hydrogen-bond acceptors (Lipinski definition) is 2. The predicted molar refractivity (Wildman–Crippen MR) is 127 cm³/mol. The summed E-state index contributed by atoms with van der Waals surface area (Å²) in [6.45, 7) is 10.7. The fraction of sp³-hybridized carbons (Fsp3) is 0.667. The fourth-order valence-electron chi connectivity index (χ4n) is 3.81. The van der Waals surface area contributed by atoms with Crippen molar-refractivity contribution in [1.82, 2.24) is 15.5 Å². The molecule has 1 aromatic carbocycles. The molecule has 2 aliphatic rings. The SMILES string of the molecule is CCNC(=NCC1(c2cccc(Cl)c2)CC1)NC1CCN(C(C)C)CC1.I. The van der Waals surface area contributed by atoms with E-state index in [4.69, 9.17) is 16.6 Å². The number of piperidine rings is 1. The standard InChI is InChI=1S/C21H33ClN4.HI/c1-4-23-20(25-19-8-12-26(13-9-19)16(2)3)24-15-21(10-11-21)17-6-5-7-18(22)14-17;/h5-7,14,16,19H,4,8-13,15H2,1-3H3,(H2,23,24,25);1H. The van der Waals surface area contributed by atoms with Gasteiger partial charge >= 0.3 is 0 Å². The van der Waals surface area contributed by atoms with Crippen molar-refractivity contribution in [2.75, 3.05) is 26.2 Å². The molecule has 6 heteroatoms. The zero-order chi connectivity index (χ0) is 18.6. The molecule has 0 unspecified atom stereocenters. The number of guanidine groups is 1. The molecule has 27 heavy (non-hydrogen) atoms. The van der Waals surface area contributed by atoms with Gasteiger partial charge in [0.25, 0.3) is 0 Å². The van der Waals surface area contributed by atoms with Gasteiger partial charge in [-0.3, -0.25) is 4.99 Å². The molecule has 0 radical (unpaired) electrons. The Morgan fingerprint density at radius 3 is 2.56 bits per heavy atom. The molecule has 0 atom stereocenters. The number of halogens is 2. The zero-order valence-corrected chi connectivity index (χ0v) is 19.9. The Morgan fingerprint density at radius 1 is 1.30 bits per heavy atom. The van der Waals surface area contributed by atoms with Crippen LogP contribution in [0.3, 0.4) is 0 Å². The van der Waals surface area contributed by atoms with E-state index >= 15 is 0 Å². The van der Waals surface area contributed by atoms with Gasteiger partial charge in [0.15, 0.2) is 5.96 Å². The first-order chi connectivity index (χ1) is 12.5. The van der Waals surface area contributed by atoms with Crippen LogP contribution in [0.1, 0.15) is 52.0 Å². The van der Waals surface area contributed by atoms with E-state index in [9.17, 15) is 0 Å². The average molecular weight is 505 g/mol. The van der Waals surface area contributed by atoms with Crippen LogP contribution in [0, 0.1) is 0 Å². The van der Waals surface area contributed by atoms with E-state index in [0.717, 1.165) is 24.1 Å². The van der Waals surface area contributed by atoms with E-state index in [2.05, 4.69) is 48.4 Å². The molecular formula is C21H34ClIN4. The molecule has 2 N–H and O–H groups in total. The zero-order valence-electron chi connectivity index (χ0n) is 16.8. The van der Waals surface area contributed by atoms with Gasteiger partial charge in [-0.05, 0) is 64.2 Å². The van der Waals surface area contributed by atoms with E-state index in [-0.39, 0.29) is 29.4 Å². The third-order valence-electron chi connectivity index (χ3n) is 5.78. The van der Waals surface area contributed by atoms with Crippen LogP contribution in [-0.4, -0.2) is 49.1 Å². The lowest BCUT2D eigenvalue weighted by molar-refractivity contribution is 0.167. The van der Waals surface area contributed by atoms with Crippen molar-refractivity contribution in [2.45, 2.75) is 64.0 Å². The number of benzene rings is 1. The van der Waals surface area contributed by atoms with Crippen molar-refractivity contribution >= 4 is 41.5 Å². The number of nitrogens with zero attached hydrogens (tertiary/aromatic N) is 2.